The molecule has 0 radical (unpaired) electrons. The summed E-state index contributed by atoms with van der Waals surface area (Å²) in [5.41, 5.74) is 1.55. The molecule has 9 heteroatoms. The molecule has 4 rings (SSSR count). The number of anilines is 1. The first kappa shape index (κ1) is 28.6. The van der Waals surface area contributed by atoms with E-state index in [1.54, 1.807) is 36.4 Å². The highest BCUT2D eigenvalue weighted by atomic mass is 19.1. The van der Waals surface area contributed by atoms with Crippen molar-refractivity contribution >= 4 is 17.8 Å². The van der Waals surface area contributed by atoms with Gasteiger partial charge in [0.2, 0.25) is 0 Å². The fraction of sp³-hybridized carbons (Fsp3) is 0.355. The molecule has 1 aliphatic heterocycles. The number of benzene rings is 2. The van der Waals surface area contributed by atoms with Crippen molar-refractivity contribution in [1.29, 1.82) is 5.26 Å². The van der Waals surface area contributed by atoms with E-state index in [9.17, 15) is 24.3 Å². The van der Waals surface area contributed by atoms with Gasteiger partial charge in [-0.3, -0.25) is 4.79 Å². The Morgan fingerprint density at radius 1 is 1.15 bits per heavy atom. The zero-order valence-corrected chi connectivity index (χ0v) is 23.0. The fourth-order valence-corrected chi connectivity index (χ4v) is 5.46. The molecule has 1 aliphatic rings. The van der Waals surface area contributed by atoms with Gasteiger partial charge in [0, 0.05) is 25.2 Å². The molecule has 3 N–H and O–H groups in total. The average Bonchev–Trinajstić information content (AvgIpc) is 3.38. The minimum Gasteiger partial charge on any atom is -0.465 e. The third-order valence-corrected chi connectivity index (χ3v) is 7.72. The number of likely N-dealkylation sites (tertiary alicyclic amines) is 1. The number of nitrogens with one attached hydrogen (secondary N) is 2. The van der Waals surface area contributed by atoms with Gasteiger partial charge in [0.05, 0.1) is 28.4 Å². The predicted octanol–water partition coefficient (Wildman–Crippen LogP) is 5.70. The van der Waals surface area contributed by atoms with Crippen LogP contribution < -0.4 is 10.6 Å². The van der Waals surface area contributed by atoms with Crippen molar-refractivity contribution in [1.82, 2.24) is 15.2 Å². The van der Waals surface area contributed by atoms with Crippen LogP contribution in [0.4, 0.5) is 15.0 Å². The van der Waals surface area contributed by atoms with Crippen LogP contribution in [0.1, 0.15) is 55.1 Å². The monoisotopic (exact) mass is 543 g/mol. The van der Waals surface area contributed by atoms with Crippen LogP contribution in [0.2, 0.25) is 0 Å². The van der Waals surface area contributed by atoms with E-state index in [-0.39, 0.29) is 18.3 Å². The second-order valence-electron chi connectivity index (χ2n) is 11.1. The number of pyridine rings is 1. The molecule has 0 saturated carbocycles. The number of nitriles is 1. The van der Waals surface area contributed by atoms with E-state index in [1.807, 2.05) is 32.9 Å². The smallest absolute Gasteiger partial charge is 0.407 e. The number of aromatic nitrogens is 1. The molecular formula is C31H34FN5O3. The third kappa shape index (κ3) is 5.91. The van der Waals surface area contributed by atoms with E-state index in [4.69, 9.17) is 4.98 Å². The molecule has 0 bridgehead atoms. The van der Waals surface area contributed by atoms with Crippen molar-refractivity contribution < 1.29 is 19.1 Å². The van der Waals surface area contributed by atoms with Crippen LogP contribution in [0, 0.1) is 22.6 Å². The highest BCUT2D eigenvalue weighted by molar-refractivity contribution is 5.99. The lowest BCUT2D eigenvalue weighted by Gasteiger charge is -2.47. The van der Waals surface area contributed by atoms with Crippen LogP contribution in [0.3, 0.4) is 0 Å². The Balaban J connectivity index is 1.62. The van der Waals surface area contributed by atoms with Crippen LogP contribution in [0.5, 0.6) is 0 Å². The summed E-state index contributed by atoms with van der Waals surface area (Å²) in [7, 11) is 0. The van der Waals surface area contributed by atoms with Crippen molar-refractivity contribution in [2.24, 2.45) is 5.41 Å². The zero-order valence-electron chi connectivity index (χ0n) is 23.0. The molecule has 0 aliphatic carbocycles. The van der Waals surface area contributed by atoms with Gasteiger partial charge >= 0.3 is 6.09 Å². The van der Waals surface area contributed by atoms with Gasteiger partial charge in [-0.1, -0.05) is 51.1 Å². The molecule has 0 unspecified atom stereocenters. The Bertz CT molecular complexity index is 1450. The summed E-state index contributed by atoms with van der Waals surface area (Å²) in [6, 6.07) is 18.9. The summed E-state index contributed by atoms with van der Waals surface area (Å²) in [4.78, 5) is 31.8. The summed E-state index contributed by atoms with van der Waals surface area (Å²) >= 11 is 0. The molecule has 208 valence electrons. The molecule has 1 aromatic heterocycles. The lowest BCUT2D eigenvalue weighted by molar-refractivity contribution is 0.0300. The van der Waals surface area contributed by atoms with Gasteiger partial charge in [0.25, 0.3) is 5.91 Å². The van der Waals surface area contributed by atoms with E-state index >= 15 is 0 Å². The van der Waals surface area contributed by atoms with Crippen molar-refractivity contribution in [3.05, 3.63) is 83.2 Å². The van der Waals surface area contributed by atoms with Crippen LogP contribution in [0.25, 0.3) is 11.3 Å². The molecule has 1 saturated heterocycles. The first-order chi connectivity index (χ1) is 19.1. The van der Waals surface area contributed by atoms with Crippen molar-refractivity contribution in [3.8, 4) is 17.3 Å². The number of carbonyl (C=O) groups excluding carboxylic acids is 1. The topological polar surface area (TPSA) is 118 Å². The van der Waals surface area contributed by atoms with Gasteiger partial charge < -0.3 is 20.6 Å². The Morgan fingerprint density at radius 3 is 2.62 bits per heavy atom. The van der Waals surface area contributed by atoms with Crippen molar-refractivity contribution in [2.75, 3.05) is 25.0 Å². The van der Waals surface area contributed by atoms with E-state index in [0.29, 0.717) is 54.1 Å². The molecule has 0 spiro atoms. The maximum Gasteiger partial charge on any atom is 0.407 e. The highest BCUT2D eigenvalue weighted by Crippen LogP contribution is 2.43. The maximum atomic E-state index is 13.7. The summed E-state index contributed by atoms with van der Waals surface area (Å²) in [6.45, 7) is 6.93. The van der Waals surface area contributed by atoms with Gasteiger partial charge in [-0.25, -0.2) is 14.2 Å². The van der Waals surface area contributed by atoms with Gasteiger partial charge in [0.1, 0.15) is 11.6 Å². The molecule has 2 heterocycles. The summed E-state index contributed by atoms with van der Waals surface area (Å²) < 4.78 is 13.7. The van der Waals surface area contributed by atoms with E-state index in [1.165, 1.54) is 17.0 Å². The van der Waals surface area contributed by atoms with Crippen LogP contribution in [0.15, 0.2) is 60.7 Å². The van der Waals surface area contributed by atoms with Crippen LogP contribution in [-0.4, -0.2) is 52.2 Å². The molecule has 40 heavy (non-hydrogen) atoms. The molecular weight excluding hydrogens is 509 g/mol. The largest absolute Gasteiger partial charge is 0.465 e. The molecule has 3 aromatic rings. The molecule has 2 amide bonds. The summed E-state index contributed by atoms with van der Waals surface area (Å²) in [5.74, 6) is -0.381. The number of hydrogen-bond donors (Lipinski definition) is 3. The Kier molecular flexibility index (Phi) is 8.38. The van der Waals surface area contributed by atoms with Crippen molar-refractivity contribution in [3.63, 3.8) is 0 Å². The van der Waals surface area contributed by atoms with Gasteiger partial charge in [-0.2, -0.15) is 5.26 Å². The average molecular weight is 544 g/mol. The quantitative estimate of drug-likeness (QED) is 0.335. The summed E-state index contributed by atoms with van der Waals surface area (Å²) in [6.07, 6.45) is 0.869. The lowest BCUT2D eigenvalue weighted by Crippen LogP contribution is -2.61. The second kappa shape index (κ2) is 11.7. The Labute approximate surface area is 233 Å². The molecule has 1 fully saturated rings. The first-order valence-electron chi connectivity index (χ1n) is 13.3. The Hall–Kier alpha value is -4.45. The molecule has 2 aromatic carbocycles. The SMILES string of the molecule is CC(C)(C)[C@]1(CNC(=O)c2ccc(-c3ccccc3C#N)nc2NCCc2cccc(F)c2)CCCN1C(=O)O. The van der Waals surface area contributed by atoms with Gasteiger partial charge in [-0.15, -0.1) is 0 Å². The van der Waals surface area contributed by atoms with Crippen LogP contribution >= 0.6 is 0 Å². The lowest BCUT2D eigenvalue weighted by atomic mass is 9.71. The van der Waals surface area contributed by atoms with E-state index in [0.717, 1.165) is 12.0 Å². The maximum absolute atomic E-state index is 13.7. The third-order valence-electron chi connectivity index (χ3n) is 7.72. The van der Waals surface area contributed by atoms with E-state index in [2.05, 4.69) is 16.7 Å². The number of nitrogens with zero attached hydrogens (tertiary/aromatic N) is 3. The zero-order chi connectivity index (χ0) is 28.9. The van der Waals surface area contributed by atoms with Gasteiger partial charge in [-0.05, 0) is 60.6 Å². The fourth-order valence-electron chi connectivity index (χ4n) is 5.46. The number of rotatable bonds is 8. The number of halogens is 1. The minimum absolute atomic E-state index is 0.156. The van der Waals surface area contributed by atoms with Gasteiger partial charge in [0.15, 0.2) is 0 Å². The minimum atomic E-state index is -0.997. The first-order valence-corrected chi connectivity index (χ1v) is 13.3. The van der Waals surface area contributed by atoms with Crippen LogP contribution in [-0.2, 0) is 6.42 Å². The van der Waals surface area contributed by atoms with Crippen molar-refractivity contribution in [2.45, 2.75) is 45.6 Å². The number of amides is 2. The second-order valence-corrected chi connectivity index (χ2v) is 11.1. The number of hydrogen-bond acceptors (Lipinski definition) is 5. The highest BCUT2D eigenvalue weighted by Gasteiger charge is 2.51. The number of carboxylic acid groups (broad SMARTS) is 1. The predicted molar refractivity (Wildman–Crippen MR) is 151 cm³/mol. The molecule has 8 nitrogen and oxygen atoms in total. The number of carbonyl (C=O) groups is 2. The molecule has 1 atom stereocenters. The summed E-state index contributed by atoms with van der Waals surface area (Å²) in [5, 5.41) is 25.7. The standard InChI is InChI=1S/C31H34FN5O3/c1-30(2,3)31(15-7-17-37(31)29(39)40)20-35-28(38)25-12-13-26(24-11-5-4-9-22(24)19-33)36-27(25)34-16-14-21-8-6-10-23(32)18-21/h4-6,8-13,18H,7,14-17,20H2,1-3H3,(H,34,36)(H,35,38)(H,39,40)/t31-/m1/s1. The van der Waals surface area contributed by atoms with E-state index < -0.39 is 17.0 Å². The Morgan fingerprint density at radius 2 is 1.93 bits per heavy atom. The normalized spacial score (nSPS) is 16.8.